The van der Waals surface area contributed by atoms with E-state index in [1.165, 1.54) is 0 Å². The Morgan fingerprint density at radius 3 is 2.44 bits per heavy atom. The van der Waals surface area contributed by atoms with Crippen LogP contribution in [0.2, 0.25) is 0 Å². The molecule has 2 aromatic rings. The normalized spacial score (nSPS) is 29.1. The third kappa shape index (κ3) is 2.57. The molecule has 2 aliphatic rings. The maximum Gasteiger partial charge on any atom is 0.321 e. The lowest BCUT2D eigenvalue weighted by Crippen LogP contribution is -2.48. The number of amides is 1. The third-order valence-corrected chi connectivity index (χ3v) is 5.88. The molecule has 4 unspecified atom stereocenters. The molecule has 27 heavy (non-hydrogen) atoms. The summed E-state index contributed by atoms with van der Waals surface area (Å²) in [5, 5.41) is 16.3. The molecule has 140 valence electrons. The predicted octanol–water partition coefficient (Wildman–Crippen LogP) is 3.13. The Morgan fingerprint density at radius 1 is 1.11 bits per heavy atom. The minimum Gasteiger partial charge on any atom is -0.480 e. The molecule has 1 fully saturated rings. The molecule has 2 aromatic carbocycles. The standard InChI is InChI=1S/C22H24N2O3/c1-13(2)12-17-22(15-10-6-7-11-16(15)23-21(22)27)18(19(24-17)20(25)26)14-8-4-3-5-9-14/h3-11,13,17-19,24H,12H2,1-2H3,(H,23,27)(H,25,26). The Bertz CT molecular complexity index is 880. The fourth-order valence-electron chi connectivity index (χ4n) is 4.93. The van der Waals surface area contributed by atoms with Crippen molar-refractivity contribution in [3.63, 3.8) is 0 Å². The second-order valence-corrected chi connectivity index (χ2v) is 7.92. The van der Waals surface area contributed by atoms with Crippen molar-refractivity contribution < 1.29 is 14.7 Å². The number of fused-ring (bicyclic) bond motifs is 2. The Hall–Kier alpha value is -2.66. The van der Waals surface area contributed by atoms with E-state index in [1.807, 2.05) is 54.6 Å². The van der Waals surface area contributed by atoms with Crippen molar-refractivity contribution >= 4 is 17.6 Å². The minimum absolute atomic E-state index is 0.112. The van der Waals surface area contributed by atoms with Gasteiger partial charge in [0.2, 0.25) is 5.91 Å². The lowest BCUT2D eigenvalue weighted by molar-refractivity contribution is -0.139. The molecular weight excluding hydrogens is 340 g/mol. The maximum atomic E-state index is 13.5. The second-order valence-electron chi connectivity index (χ2n) is 7.92. The molecule has 0 aliphatic carbocycles. The van der Waals surface area contributed by atoms with E-state index in [0.717, 1.165) is 23.2 Å². The van der Waals surface area contributed by atoms with Crippen LogP contribution in [0.3, 0.4) is 0 Å². The Balaban J connectivity index is 1.98. The first kappa shape index (κ1) is 17.7. The van der Waals surface area contributed by atoms with Gasteiger partial charge in [-0.2, -0.15) is 0 Å². The van der Waals surface area contributed by atoms with Gasteiger partial charge in [0.1, 0.15) is 11.5 Å². The molecule has 5 heteroatoms. The van der Waals surface area contributed by atoms with Gasteiger partial charge in [0.25, 0.3) is 0 Å². The number of benzene rings is 2. The molecule has 3 N–H and O–H groups in total. The van der Waals surface area contributed by atoms with Crippen LogP contribution in [0.1, 0.15) is 37.3 Å². The number of nitrogens with one attached hydrogen (secondary N) is 2. The number of hydrogen-bond acceptors (Lipinski definition) is 3. The summed E-state index contributed by atoms with van der Waals surface area (Å²) in [5.41, 5.74) is 1.61. The first-order chi connectivity index (χ1) is 13.0. The van der Waals surface area contributed by atoms with Crippen LogP contribution in [0.4, 0.5) is 5.69 Å². The zero-order valence-electron chi connectivity index (χ0n) is 15.5. The summed E-state index contributed by atoms with van der Waals surface area (Å²) in [6, 6.07) is 16.1. The maximum absolute atomic E-state index is 13.5. The van der Waals surface area contributed by atoms with Crippen molar-refractivity contribution in [3.05, 3.63) is 65.7 Å². The number of para-hydroxylation sites is 1. The highest BCUT2D eigenvalue weighted by Crippen LogP contribution is 2.55. The number of hydrogen-bond donors (Lipinski definition) is 3. The van der Waals surface area contributed by atoms with Crippen molar-refractivity contribution in [2.45, 2.75) is 43.7 Å². The number of carboxylic acid groups (broad SMARTS) is 1. The van der Waals surface area contributed by atoms with E-state index in [2.05, 4.69) is 24.5 Å². The highest BCUT2D eigenvalue weighted by atomic mass is 16.4. The van der Waals surface area contributed by atoms with Gasteiger partial charge in [-0.1, -0.05) is 62.4 Å². The van der Waals surface area contributed by atoms with Crippen molar-refractivity contribution in [3.8, 4) is 0 Å². The third-order valence-electron chi connectivity index (χ3n) is 5.88. The van der Waals surface area contributed by atoms with E-state index < -0.39 is 23.3 Å². The van der Waals surface area contributed by atoms with Gasteiger partial charge in [-0.25, -0.2) is 0 Å². The molecule has 0 bridgehead atoms. The number of carboxylic acids is 1. The van der Waals surface area contributed by atoms with Crippen LogP contribution in [0, 0.1) is 5.92 Å². The molecular formula is C22H24N2O3. The number of rotatable bonds is 4. The quantitative estimate of drug-likeness (QED) is 0.779. The van der Waals surface area contributed by atoms with Gasteiger partial charge >= 0.3 is 5.97 Å². The van der Waals surface area contributed by atoms with E-state index in [9.17, 15) is 14.7 Å². The van der Waals surface area contributed by atoms with Crippen molar-refractivity contribution in [2.75, 3.05) is 5.32 Å². The molecule has 0 saturated carbocycles. The van der Waals surface area contributed by atoms with E-state index in [-0.39, 0.29) is 11.9 Å². The van der Waals surface area contributed by atoms with Gasteiger partial charge in [0, 0.05) is 17.6 Å². The average Bonchev–Trinajstić information content (AvgIpc) is 3.13. The summed E-state index contributed by atoms with van der Waals surface area (Å²) < 4.78 is 0. The highest BCUT2D eigenvalue weighted by molar-refractivity contribution is 6.09. The van der Waals surface area contributed by atoms with Crippen molar-refractivity contribution in [2.24, 2.45) is 5.92 Å². The Labute approximate surface area is 158 Å². The number of carbonyl (C=O) groups is 2. The summed E-state index contributed by atoms with van der Waals surface area (Å²) in [4.78, 5) is 25.6. The van der Waals surface area contributed by atoms with Crippen LogP contribution < -0.4 is 10.6 Å². The Kier molecular flexibility index (Phi) is 4.27. The minimum atomic E-state index is -0.939. The van der Waals surface area contributed by atoms with Crippen LogP contribution in [-0.4, -0.2) is 29.1 Å². The monoisotopic (exact) mass is 364 g/mol. The molecule has 2 heterocycles. The molecule has 5 nitrogen and oxygen atoms in total. The van der Waals surface area contributed by atoms with Crippen LogP contribution in [-0.2, 0) is 15.0 Å². The van der Waals surface area contributed by atoms with E-state index in [0.29, 0.717) is 5.92 Å². The van der Waals surface area contributed by atoms with Crippen LogP contribution in [0.15, 0.2) is 54.6 Å². The van der Waals surface area contributed by atoms with Crippen LogP contribution >= 0.6 is 0 Å². The molecule has 1 amide bonds. The van der Waals surface area contributed by atoms with Gasteiger partial charge < -0.3 is 10.4 Å². The topological polar surface area (TPSA) is 78.4 Å². The first-order valence-corrected chi connectivity index (χ1v) is 9.41. The van der Waals surface area contributed by atoms with Gasteiger partial charge in [0.15, 0.2) is 0 Å². The van der Waals surface area contributed by atoms with E-state index >= 15 is 0 Å². The van der Waals surface area contributed by atoms with Gasteiger partial charge in [0.05, 0.1) is 0 Å². The van der Waals surface area contributed by atoms with Gasteiger partial charge in [-0.15, -0.1) is 0 Å². The van der Waals surface area contributed by atoms with Gasteiger partial charge in [-0.3, -0.25) is 14.9 Å². The van der Waals surface area contributed by atoms with Crippen molar-refractivity contribution in [1.29, 1.82) is 0 Å². The molecule has 0 radical (unpaired) electrons. The SMILES string of the molecule is CC(C)CC1NC(C(=O)O)C(c2ccccc2)C12C(=O)Nc1ccccc12. The summed E-state index contributed by atoms with van der Waals surface area (Å²) in [5.74, 6) is -1.20. The average molecular weight is 364 g/mol. The fraction of sp³-hybridized carbons (Fsp3) is 0.364. The molecule has 4 rings (SSSR count). The second kappa shape index (κ2) is 6.50. The predicted molar refractivity (Wildman–Crippen MR) is 104 cm³/mol. The summed E-state index contributed by atoms with van der Waals surface area (Å²) in [6.07, 6.45) is 0.717. The van der Waals surface area contributed by atoms with Crippen LogP contribution in [0.25, 0.3) is 0 Å². The summed E-state index contributed by atoms with van der Waals surface area (Å²) in [7, 11) is 0. The zero-order valence-corrected chi connectivity index (χ0v) is 15.5. The lowest BCUT2D eigenvalue weighted by atomic mass is 9.63. The first-order valence-electron chi connectivity index (χ1n) is 9.41. The zero-order chi connectivity index (χ0) is 19.2. The summed E-state index contributed by atoms with van der Waals surface area (Å²) >= 11 is 0. The number of anilines is 1. The van der Waals surface area contributed by atoms with Crippen LogP contribution in [0.5, 0.6) is 0 Å². The molecule has 2 aliphatic heterocycles. The number of carbonyl (C=O) groups excluding carboxylic acids is 1. The molecule has 1 saturated heterocycles. The fourth-order valence-corrected chi connectivity index (χ4v) is 4.93. The molecule has 1 spiro atoms. The molecule has 4 atom stereocenters. The lowest BCUT2D eigenvalue weighted by Gasteiger charge is -2.35. The smallest absolute Gasteiger partial charge is 0.321 e. The largest absolute Gasteiger partial charge is 0.480 e. The van der Waals surface area contributed by atoms with E-state index in [4.69, 9.17) is 0 Å². The van der Waals surface area contributed by atoms with Gasteiger partial charge in [-0.05, 0) is 29.5 Å². The molecule has 0 aromatic heterocycles. The van der Waals surface area contributed by atoms with E-state index in [1.54, 1.807) is 0 Å². The highest BCUT2D eigenvalue weighted by Gasteiger charge is 2.65. The number of aliphatic carboxylic acids is 1. The van der Waals surface area contributed by atoms with Crippen molar-refractivity contribution in [1.82, 2.24) is 5.32 Å². The Morgan fingerprint density at radius 2 is 1.78 bits per heavy atom. The summed E-state index contributed by atoms with van der Waals surface area (Å²) in [6.45, 7) is 4.19.